The van der Waals surface area contributed by atoms with Gasteiger partial charge in [0, 0.05) is 30.3 Å². The van der Waals surface area contributed by atoms with E-state index in [-0.39, 0.29) is 25.5 Å². The first kappa shape index (κ1) is 43.6. The molecule has 3 N–H and O–H groups in total. The van der Waals surface area contributed by atoms with Crippen molar-refractivity contribution < 1.29 is 43.2 Å². The standard InChI is InChI=1S/C30H30Cl2N2O6.C16H17NO3/c1-30(2,3)40-29(36)34-14-20-13-26-25(12-19(20)11-24(34)28(33)35)38-16-27(39-26)18-5-4-6-21(10-18)37-15-17-7-8-22(31)23(32)9-17;1-11-12(2)17-10-9-15(11)20-14-6-3-13(4-7-14)5-8-16(18)19/h4-10,12-13,24,27H,11,14-16H2,1-3H3,(H2,33,35);3-4,6-7,9-10H,5,8H2,1-2H3,(H,18,19). The number of carbonyl (C=O) groups excluding carboxylic acids is 2. The summed E-state index contributed by atoms with van der Waals surface area (Å²) in [5.41, 5.74) is 11.4. The molecule has 2 unspecified atom stereocenters. The number of amides is 2. The highest BCUT2D eigenvalue weighted by molar-refractivity contribution is 6.42. The van der Waals surface area contributed by atoms with Crippen LogP contribution in [0.3, 0.4) is 0 Å². The minimum Gasteiger partial charge on any atom is -0.489 e. The van der Waals surface area contributed by atoms with Gasteiger partial charge in [-0.2, -0.15) is 0 Å². The van der Waals surface area contributed by atoms with E-state index in [2.05, 4.69) is 4.98 Å². The van der Waals surface area contributed by atoms with E-state index in [1.54, 1.807) is 39.1 Å². The van der Waals surface area contributed by atoms with Crippen molar-refractivity contribution in [1.29, 1.82) is 0 Å². The van der Waals surface area contributed by atoms with Gasteiger partial charge in [0.15, 0.2) is 17.6 Å². The van der Waals surface area contributed by atoms with Crippen molar-refractivity contribution in [2.75, 3.05) is 6.61 Å². The number of fused-ring (bicyclic) bond motifs is 2. The van der Waals surface area contributed by atoms with Gasteiger partial charge in [-0.25, -0.2) is 4.79 Å². The van der Waals surface area contributed by atoms with Crippen LogP contribution >= 0.6 is 23.2 Å². The Labute approximate surface area is 359 Å². The first-order valence-corrected chi connectivity index (χ1v) is 20.1. The van der Waals surface area contributed by atoms with Crippen molar-refractivity contribution in [2.24, 2.45) is 5.73 Å². The van der Waals surface area contributed by atoms with Crippen molar-refractivity contribution in [3.63, 3.8) is 0 Å². The molecule has 0 spiro atoms. The molecular weight excluding hydrogens is 809 g/mol. The Morgan fingerprint density at radius 1 is 0.900 bits per heavy atom. The highest BCUT2D eigenvalue weighted by atomic mass is 35.5. The summed E-state index contributed by atoms with van der Waals surface area (Å²) in [5, 5.41) is 9.62. The van der Waals surface area contributed by atoms with Crippen molar-refractivity contribution in [2.45, 2.75) is 84.8 Å². The lowest BCUT2D eigenvalue weighted by Gasteiger charge is -2.37. The average Bonchev–Trinajstić information content (AvgIpc) is 3.21. The van der Waals surface area contributed by atoms with Gasteiger partial charge in [0.1, 0.15) is 42.1 Å². The molecule has 12 nitrogen and oxygen atoms in total. The topological polar surface area (TPSA) is 160 Å². The lowest BCUT2D eigenvalue weighted by Crippen LogP contribution is -2.52. The Hall–Kier alpha value is -5.98. The van der Waals surface area contributed by atoms with E-state index in [0.29, 0.717) is 46.9 Å². The van der Waals surface area contributed by atoms with E-state index in [1.807, 2.05) is 86.6 Å². The van der Waals surface area contributed by atoms with E-state index in [1.165, 1.54) is 4.90 Å². The Morgan fingerprint density at radius 3 is 2.33 bits per heavy atom. The second-order valence-corrected chi connectivity index (χ2v) is 16.3. The first-order valence-electron chi connectivity index (χ1n) is 19.3. The summed E-state index contributed by atoms with van der Waals surface area (Å²) in [4.78, 5) is 41.2. The van der Waals surface area contributed by atoms with Gasteiger partial charge in [0.05, 0.1) is 16.6 Å². The largest absolute Gasteiger partial charge is 0.489 e. The molecule has 2 aliphatic rings. The summed E-state index contributed by atoms with van der Waals surface area (Å²) in [7, 11) is 0. The fourth-order valence-electron chi connectivity index (χ4n) is 6.51. The van der Waals surface area contributed by atoms with Crippen LogP contribution in [0.15, 0.2) is 91.1 Å². The predicted octanol–water partition coefficient (Wildman–Crippen LogP) is 9.74. The molecule has 0 saturated carbocycles. The van der Waals surface area contributed by atoms with Crippen molar-refractivity contribution in [3.05, 3.63) is 140 Å². The van der Waals surface area contributed by atoms with Crippen LogP contribution in [0.2, 0.25) is 10.0 Å². The van der Waals surface area contributed by atoms with Crippen LogP contribution in [-0.4, -0.2) is 51.2 Å². The number of aryl methyl sites for hydroxylation is 2. The average molecular weight is 857 g/mol. The Morgan fingerprint density at radius 2 is 1.63 bits per heavy atom. The van der Waals surface area contributed by atoms with Gasteiger partial charge in [-0.1, -0.05) is 53.5 Å². The summed E-state index contributed by atoms with van der Waals surface area (Å²) in [5.74, 6) is 1.96. The molecule has 0 fully saturated rings. The highest BCUT2D eigenvalue weighted by Gasteiger charge is 2.37. The third kappa shape index (κ3) is 11.4. The zero-order valence-electron chi connectivity index (χ0n) is 34.0. The van der Waals surface area contributed by atoms with E-state index < -0.39 is 29.6 Å². The smallest absolute Gasteiger partial charge is 0.411 e. The predicted molar refractivity (Wildman–Crippen MR) is 227 cm³/mol. The number of pyridine rings is 1. The van der Waals surface area contributed by atoms with Crippen LogP contribution in [0.5, 0.6) is 28.7 Å². The molecule has 60 heavy (non-hydrogen) atoms. The number of primary amides is 1. The maximum atomic E-state index is 12.9. The third-order valence-corrected chi connectivity index (χ3v) is 10.6. The van der Waals surface area contributed by atoms with Crippen LogP contribution in [-0.2, 0) is 40.3 Å². The van der Waals surface area contributed by atoms with Crippen LogP contribution < -0.4 is 24.7 Å². The van der Waals surface area contributed by atoms with E-state index in [0.717, 1.165) is 50.6 Å². The van der Waals surface area contributed by atoms with Crippen molar-refractivity contribution in [1.82, 2.24) is 9.88 Å². The van der Waals surface area contributed by atoms with E-state index in [9.17, 15) is 14.4 Å². The van der Waals surface area contributed by atoms with Gasteiger partial charge in [0.2, 0.25) is 5.91 Å². The number of ether oxygens (including phenoxy) is 5. The summed E-state index contributed by atoms with van der Waals surface area (Å²) in [6.07, 6.45) is 1.70. The zero-order valence-corrected chi connectivity index (χ0v) is 35.5. The van der Waals surface area contributed by atoms with E-state index in [4.69, 9.17) is 57.7 Å². The summed E-state index contributed by atoms with van der Waals surface area (Å²) in [6.45, 7) is 10.0. The Kier molecular flexibility index (Phi) is 13.8. The monoisotopic (exact) mass is 855 g/mol. The minimum atomic E-state index is -0.815. The summed E-state index contributed by atoms with van der Waals surface area (Å²) in [6, 6.07) is 25.2. The Bertz CT molecular complexity index is 2370. The SMILES string of the molecule is CC(C)(C)OC(=O)N1Cc2cc3c(cc2CC1C(N)=O)OCC(c1cccc(OCc2ccc(Cl)c(Cl)c2)c1)O3.Cc1nccc(Oc2ccc(CCC(=O)O)cc2)c1C. The lowest BCUT2D eigenvalue weighted by molar-refractivity contribution is -0.137. The number of halogens is 2. The molecule has 0 aliphatic carbocycles. The Balaban J connectivity index is 0.000000253. The third-order valence-electron chi connectivity index (χ3n) is 9.82. The normalized spacial score (nSPS) is 15.5. The molecule has 2 aliphatic heterocycles. The number of benzene rings is 4. The van der Waals surface area contributed by atoms with E-state index >= 15 is 0 Å². The number of aromatic nitrogens is 1. The molecule has 0 bridgehead atoms. The van der Waals surface area contributed by atoms with Gasteiger partial charge in [-0.05, 0) is 123 Å². The number of nitrogens with two attached hydrogens (primary N) is 1. The van der Waals surface area contributed by atoms with Gasteiger partial charge in [-0.15, -0.1) is 0 Å². The van der Waals surface area contributed by atoms with Crippen LogP contribution in [0.4, 0.5) is 4.79 Å². The molecule has 5 aromatic rings. The zero-order chi connectivity index (χ0) is 43.1. The molecule has 2 amide bonds. The number of hydrogen-bond acceptors (Lipinski definition) is 9. The number of nitrogens with zero attached hydrogens (tertiary/aromatic N) is 2. The molecule has 314 valence electrons. The van der Waals surface area contributed by atoms with Gasteiger partial charge < -0.3 is 34.5 Å². The number of hydrogen-bond donors (Lipinski definition) is 2. The highest BCUT2D eigenvalue weighted by Crippen LogP contribution is 2.41. The summed E-state index contributed by atoms with van der Waals surface area (Å²) >= 11 is 12.1. The van der Waals surface area contributed by atoms with Gasteiger partial charge in [-0.3, -0.25) is 19.5 Å². The quantitative estimate of drug-likeness (QED) is 0.138. The summed E-state index contributed by atoms with van der Waals surface area (Å²) < 4.78 is 29.7. The molecule has 1 aromatic heterocycles. The van der Waals surface area contributed by atoms with Crippen molar-refractivity contribution >= 4 is 41.2 Å². The fraction of sp³-hybridized carbons (Fsp3) is 0.304. The first-order chi connectivity index (χ1) is 28.5. The molecule has 0 radical (unpaired) electrons. The van der Waals surface area contributed by atoms with Crippen molar-refractivity contribution in [3.8, 4) is 28.7 Å². The number of carbonyl (C=O) groups is 3. The molecule has 0 saturated heterocycles. The molecule has 3 heterocycles. The lowest BCUT2D eigenvalue weighted by atomic mass is 9.93. The maximum Gasteiger partial charge on any atom is 0.411 e. The van der Waals surface area contributed by atoms with Crippen LogP contribution in [0.25, 0.3) is 0 Å². The maximum absolute atomic E-state index is 12.9. The second kappa shape index (κ2) is 18.9. The van der Waals surface area contributed by atoms with Gasteiger partial charge in [0.25, 0.3) is 0 Å². The number of carboxylic acid groups (broad SMARTS) is 1. The molecule has 14 heteroatoms. The molecule has 7 rings (SSSR count). The number of aliphatic carboxylic acids is 1. The van der Waals surface area contributed by atoms with Crippen LogP contribution in [0.1, 0.15) is 72.4 Å². The minimum absolute atomic E-state index is 0.142. The molecular formula is C46H47Cl2N3O9. The number of rotatable bonds is 10. The number of carboxylic acids is 1. The fourth-order valence-corrected chi connectivity index (χ4v) is 6.83. The van der Waals surface area contributed by atoms with Gasteiger partial charge >= 0.3 is 12.1 Å². The second-order valence-electron chi connectivity index (χ2n) is 15.5. The van der Waals surface area contributed by atoms with Crippen LogP contribution in [0, 0.1) is 13.8 Å². The molecule has 4 aromatic carbocycles. The molecule has 2 atom stereocenters.